The van der Waals surface area contributed by atoms with Gasteiger partial charge in [0.25, 0.3) is 5.69 Å². The van der Waals surface area contributed by atoms with E-state index in [4.69, 9.17) is 4.74 Å². The highest BCUT2D eigenvalue weighted by atomic mass is 16.6. The minimum atomic E-state index is -0.420. The third kappa shape index (κ3) is 6.75. The summed E-state index contributed by atoms with van der Waals surface area (Å²) in [5, 5.41) is 10.7. The predicted molar refractivity (Wildman–Crippen MR) is 85.6 cm³/mol. The summed E-state index contributed by atoms with van der Waals surface area (Å²) in [6.07, 6.45) is 7.43. The highest BCUT2D eigenvalue weighted by molar-refractivity contribution is 5.38. The van der Waals surface area contributed by atoms with Crippen molar-refractivity contribution in [3.63, 3.8) is 0 Å². The summed E-state index contributed by atoms with van der Waals surface area (Å²) in [7, 11) is 0. The molecule has 0 heterocycles. The lowest BCUT2D eigenvalue weighted by molar-refractivity contribution is -0.384. The number of non-ortho nitro benzene ring substituents is 1. The lowest BCUT2D eigenvalue weighted by Crippen LogP contribution is -1.96. The molecule has 0 bridgehead atoms. The molecule has 0 amide bonds. The Hall–Kier alpha value is -2.10. The molecule has 0 aliphatic rings. The first kappa shape index (κ1) is 17.0. The van der Waals surface area contributed by atoms with Gasteiger partial charge in [0.05, 0.1) is 11.0 Å². The number of nitro groups is 1. The van der Waals surface area contributed by atoms with Crippen molar-refractivity contribution in [3.8, 4) is 5.75 Å². The van der Waals surface area contributed by atoms with E-state index in [1.54, 1.807) is 12.1 Å². The molecule has 0 saturated heterocycles. The maximum Gasteiger partial charge on any atom is 0.273 e. The summed E-state index contributed by atoms with van der Waals surface area (Å²) < 4.78 is 5.52. The number of hydrogen-bond donors (Lipinski definition) is 0. The van der Waals surface area contributed by atoms with Crippen molar-refractivity contribution in [1.29, 1.82) is 0 Å². The molecule has 0 atom stereocenters. The van der Waals surface area contributed by atoms with Gasteiger partial charge in [-0.2, -0.15) is 0 Å². The van der Waals surface area contributed by atoms with Crippen molar-refractivity contribution in [3.05, 3.63) is 57.7 Å². The van der Waals surface area contributed by atoms with Gasteiger partial charge in [-0.1, -0.05) is 30.2 Å². The van der Waals surface area contributed by atoms with E-state index in [0.29, 0.717) is 12.4 Å². The summed E-state index contributed by atoms with van der Waals surface area (Å²) in [5.74, 6) is 0.523. The molecule has 0 aliphatic heterocycles. The first-order chi connectivity index (χ1) is 10.0. The van der Waals surface area contributed by atoms with E-state index in [2.05, 4.69) is 26.8 Å². The second-order valence-corrected chi connectivity index (χ2v) is 5.06. The smallest absolute Gasteiger partial charge is 0.273 e. The van der Waals surface area contributed by atoms with Gasteiger partial charge in [-0.05, 0) is 45.3 Å². The molecule has 0 unspecified atom stereocenters. The first-order valence-corrected chi connectivity index (χ1v) is 7.21. The zero-order valence-corrected chi connectivity index (χ0v) is 13.0. The zero-order chi connectivity index (χ0) is 15.7. The summed E-state index contributed by atoms with van der Waals surface area (Å²) >= 11 is 0. The van der Waals surface area contributed by atoms with Crippen LogP contribution in [0.3, 0.4) is 0 Å². The Kier molecular flexibility index (Phi) is 7.23. The number of nitro benzene ring substituents is 1. The van der Waals surface area contributed by atoms with Gasteiger partial charge in [-0.15, -0.1) is 0 Å². The van der Waals surface area contributed by atoms with Crippen LogP contribution in [0.5, 0.6) is 5.75 Å². The van der Waals surface area contributed by atoms with E-state index in [9.17, 15) is 10.1 Å². The van der Waals surface area contributed by atoms with Gasteiger partial charge >= 0.3 is 0 Å². The molecule has 0 saturated carbocycles. The molecule has 114 valence electrons. The normalized spacial score (nSPS) is 12.3. The molecule has 0 fully saturated rings. The number of rotatable bonds is 8. The summed E-state index contributed by atoms with van der Waals surface area (Å²) in [6, 6.07) is 6.25. The van der Waals surface area contributed by atoms with E-state index >= 15 is 0 Å². The van der Waals surface area contributed by atoms with Crippen molar-refractivity contribution >= 4 is 5.69 Å². The van der Waals surface area contributed by atoms with Gasteiger partial charge < -0.3 is 4.74 Å². The highest BCUT2D eigenvalue weighted by Crippen LogP contribution is 2.19. The van der Waals surface area contributed by atoms with Crippen LogP contribution in [-0.4, -0.2) is 11.5 Å². The van der Waals surface area contributed by atoms with Crippen LogP contribution in [0.15, 0.2) is 47.6 Å². The van der Waals surface area contributed by atoms with Crippen LogP contribution in [0, 0.1) is 10.1 Å². The fourth-order valence-corrected chi connectivity index (χ4v) is 1.76. The number of hydrogen-bond acceptors (Lipinski definition) is 3. The molecule has 4 heteroatoms. The van der Waals surface area contributed by atoms with Crippen molar-refractivity contribution < 1.29 is 9.66 Å². The van der Waals surface area contributed by atoms with Gasteiger partial charge in [0.1, 0.15) is 12.4 Å². The van der Waals surface area contributed by atoms with E-state index < -0.39 is 4.92 Å². The van der Waals surface area contributed by atoms with Crippen LogP contribution >= 0.6 is 0 Å². The molecule has 0 spiro atoms. The average Bonchev–Trinajstić information content (AvgIpc) is 2.47. The largest absolute Gasteiger partial charge is 0.489 e. The monoisotopic (exact) mass is 289 g/mol. The minimum absolute atomic E-state index is 0.0494. The molecule has 21 heavy (non-hydrogen) atoms. The van der Waals surface area contributed by atoms with Crippen LogP contribution in [0.25, 0.3) is 0 Å². The molecule has 0 aliphatic carbocycles. The molecule has 0 radical (unpaired) electrons. The SMILES string of the molecule is CC/C(C)=C\CC/C(C)=C/COc1cccc([N+](=O)[O-])c1. The molecular weight excluding hydrogens is 266 g/mol. The summed E-state index contributed by atoms with van der Waals surface area (Å²) in [4.78, 5) is 10.2. The molecule has 0 N–H and O–H groups in total. The van der Waals surface area contributed by atoms with Gasteiger partial charge in [0, 0.05) is 6.07 Å². The second kappa shape index (κ2) is 8.95. The van der Waals surface area contributed by atoms with Crippen LogP contribution in [0.2, 0.25) is 0 Å². The molecule has 1 rings (SSSR count). The van der Waals surface area contributed by atoms with Crippen molar-refractivity contribution in [2.45, 2.75) is 40.0 Å². The van der Waals surface area contributed by atoms with Crippen LogP contribution in [-0.2, 0) is 0 Å². The second-order valence-electron chi connectivity index (χ2n) is 5.06. The molecular formula is C17H23NO3. The number of benzene rings is 1. The standard InChI is InChI=1S/C17H23NO3/c1-4-14(2)7-5-8-15(3)11-12-21-17-10-6-9-16(13-17)18(19)20/h6-7,9-11,13H,4-5,8,12H2,1-3H3/b14-7-,15-11+. The van der Waals surface area contributed by atoms with Crippen molar-refractivity contribution in [2.75, 3.05) is 6.61 Å². The maximum atomic E-state index is 10.7. The Bertz CT molecular complexity index is 533. The van der Waals surface area contributed by atoms with Crippen molar-refractivity contribution in [2.24, 2.45) is 0 Å². The van der Waals surface area contributed by atoms with E-state index in [0.717, 1.165) is 19.3 Å². The molecule has 1 aromatic rings. The summed E-state index contributed by atoms with van der Waals surface area (Å²) in [5.41, 5.74) is 2.73. The summed E-state index contributed by atoms with van der Waals surface area (Å²) in [6.45, 7) is 6.81. The molecule has 1 aromatic carbocycles. The molecule has 4 nitrogen and oxygen atoms in total. The van der Waals surface area contributed by atoms with E-state index in [-0.39, 0.29) is 5.69 Å². The van der Waals surface area contributed by atoms with Gasteiger partial charge in [0.15, 0.2) is 0 Å². The Morgan fingerprint density at radius 1 is 1.29 bits per heavy atom. The van der Waals surface area contributed by atoms with E-state index in [1.807, 2.05) is 6.08 Å². The topological polar surface area (TPSA) is 52.4 Å². The van der Waals surface area contributed by atoms with Gasteiger partial charge in [-0.3, -0.25) is 10.1 Å². The number of allylic oxidation sites excluding steroid dienone is 3. The number of ether oxygens (including phenoxy) is 1. The Balaban J connectivity index is 2.43. The van der Waals surface area contributed by atoms with Gasteiger partial charge in [-0.25, -0.2) is 0 Å². The third-order valence-corrected chi connectivity index (χ3v) is 3.30. The average molecular weight is 289 g/mol. The van der Waals surface area contributed by atoms with Crippen LogP contribution < -0.4 is 4.74 Å². The van der Waals surface area contributed by atoms with Crippen LogP contribution in [0.4, 0.5) is 5.69 Å². The van der Waals surface area contributed by atoms with E-state index in [1.165, 1.54) is 23.3 Å². The number of nitrogens with zero attached hydrogens (tertiary/aromatic N) is 1. The highest BCUT2D eigenvalue weighted by Gasteiger charge is 2.05. The maximum absolute atomic E-state index is 10.7. The minimum Gasteiger partial charge on any atom is -0.489 e. The van der Waals surface area contributed by atoms with Crippen LogP contribution in [0.1, 0.15) is 40.0 Å². The van der Waals surface area contributed by atoms with Gasteiger partial charge in [0.2, 0.25) is 0 Å². The lowest BCUT2D eigenvalue weighted by atomic mass is 10.1. The van der Waals surface area contributed by atoms with Crippen molar-refractivity contribution in [1.82, 2.24) is 0 Å². The fourth-order valence-electron chi connectivity index (χ4n) is 1.76. The third-order valence-electron chi connectivity index (χ3n) is 3.30. The predicted octanol–water partition coefficient (Wildman–Crippen LogP) is 5.06. The quantitative estimate of drug-likeness (QED) is 0.382. The fraction of sp³-hybridized carbons (Fsp3) is 0.412. The zero-order valence-electron chi connectivity index (χ0n) is 13.0. The first-order valence-electron chi connectivity index (χ1n) is 7.21. The molecule has 0 aromatic heterocycles. The Labute approximate surface area is 126 Å². The Morgan fingerprint density at radius 3 is 2.71 bits per heavy atom. The lowest BCUT2D eigenvalue weighted by Gasteiger charge is -2.04. The Morgan fingerprint density at radius 2 is 2.05 bits per heavy atom.